The molecule has 3 nitrogen and oxygen atoms in total. The maximum absolute atomic E-state index is 5.32. The fraction of sp³-hybridized carbons (Fsp3) is 0.0714. The summed E-state index contributed by atoms with van der Waals surface area (Å²) >= 11 is 0. The van der Waals surface area contributed by atoms with Crippen LogP contribution >= 0.6 is 0 Å². The molecule has 0 spiro atoms. The number of imidazole rings is 1. The van der Waals surface area contributed by atoms with E-state index in [2.05, 4.69) is 4.98 Å². The number of ether oxygens (including phenoxy) is 1. The number of methoxy groups -OCH3 is 1. The van der Waals surface area contributed by atoms with Crippen LogP contribution in [0.3, 0.4) is 0 Å². The quantitative estimate of drug-likeness (QED) is 0.669. The third kappa shape index (κ3) is 1.56. The standard InChI is InChI=1S/C14H12N2O/c1-17-13-8-5-9-16-12(13)10-15-14(16)11-6-3-2-4-7-11/h2-10H,1H3. The van der Waals surface area contributed by atoms with Crippen LogP contribution in [0.4, 0.5) is 0 Å². The topological polar surface area (TPSA) is 26.5 Å². The van der Waals surface area contributed by atoms with E-state index in [-0.39, 0.29) is 0 Å². The molecule has 3 aromatic rings. The van der Waals surface area contributed by atoms with Crippen molar-refractivity contribution in [1.82, 2.24) is 9.38 Å². The number of rotatable bonds is 2. The van der Waals surface area contributed by atoms with Crippen molar-refractivity contribution in [2.45, 2.75) is 0 Å². The van der Waals surface area contributed by atoms with Gasteiger partial charge in [0, 0.05) is 11.8 Å². The van der Waals surface area contributed by atoms with E-state index in [1.807, 2.05) is 59.3 Å². The largest absolute Gasteiger partial charge is 0.494 e. The van der Waals surface area contributed by atoms with E-state index in [9.17, 15) is 0 Å². The van der Waals surface area contributed by atoms with E-state index in [0.717, 1.165) is 22.7 Å². The van der Waals surface area contributed by atoms with Crippen molar-refractivity contribution >= 4 is 5.52 Å². The summed E-state index contributed by atoms with van der Waals surface area (Å²) in [5.74, 6) is 1.77. The third-order valence-electron chi connectivity index (χ3n) is 2.78. The average molecular weight is 224 g/mol. The monoisotopic (exact) mass is 224 g/mol. The normalized spacial score (nSPS) is 10.6. The van der Waals surface area contributed by atoms with Crippen molar-refractivity contribution in [3.63, 3.8) is 0 Å². The first-order valence-corrected chi connectivity index (χ1v) is 5.45. The molecule has 0 radical (unpaired) electrons. The predicted octanol–water partition coefficient (Wildman–Crippen LogP) is 3.01. The summed E-state index contributed by atoms with van der Waals surface area (Å²) in [5.41, 5.74) is 2.08. The Bertz CT molecular complexity index is 644. The summed E-state index contributed by atoms with van der Waals surface area (Å²) in [7, 11) is 1.67. The lowest BCUT2D eigenvalue weighted by molar-refractivity contribution is 0.418. The van der Waals surface area contributed by atoms with Gasteiger partial charge in [-0.1, -0.05) is 30.3 Å². The number of aromatic nitrogens is 2. The highest BCUT2D eigenvalue weighted by Gasteiger charge is 2.08. The number of fused-ring (bicyclic) bond motifs is 1. The van der Waals surface area contributed by atoms with Crippen LogP contribution in [0, 0.1) is 0 Å². The second kappa shape index (κ2) is 3.94. The molecule has 84 valence electrons. The van der Waals surface area contributed by atoms with Gasteiger partial charge in [-0.2, -0.15) is 0 Å². The zero-order valence-corrected chi connectivity index (χ0v) is 9.50. The molecule has 0 aliphatic carbocycles. The average Bonchev–Trinajstić information content (AvgIpc) is 2.83. The van der Waals surface area contributed by atoms with E-state index in [1.54, 1.807) is 7.11 Å². The molecule has 17 heavy (non-hydrogen) atoms. The van der Waals surface area contributed by atoms with E-state index in [0.29, 0.717) is 0 Å². The maximum atomic E-state index is 5.32. The first-order valence-electron chi connectivity index (χ1n) is 5.45. The molecule has 0 fully saturated rings. The van der Waals surface area contributed by atoms with Gasteiger partial charge >= 0.3 is 0 Å². The maximum Gasteiger partial charge on any atom is 0.144 e. The molecule has 0 aliphatic rings. The Morgan fingerprint density at radius 1 is 1.06 bits per heavy atom. The van der Waals surface area contributed by atoms with Gasteiger partial charge in [-0.3, -0.25) is 4.40 Å². The Hall–Kier alpha value is -2.29. The predicted molar refractivity (Wildman–Crippen MR) is 67.2 cm³/mol. The molecule has 3 rings (SSSR count). The summed E-state index contributed by atoms with van der Waals surface area (Å²) in [6.45, 7) is 0. The molecule has 1 aromatic carbocycles. The molecule has 0 atom stereocenters. The lowest BCUT2D eigenvalue weighted by atomic mass is 10.2. The molecule has 0 saturated carbocycles. The van der Waals surface area contributed by atoms with Crippen LogP contribution in [0.5, 0.6) is 5.75 Å². The lowest BCUT2D eigenvalue weighted by Gasteiger charge is -2.04. The van der Waals surface area contributed by atoms with Crippen molar-refractivity contribution in [1.29, 1.82) is 0 Å². The van der Waals surface area contributed by atoms with Crippen molar-refractivity contribution < 1.29 is 4.74 Å². The van der Waals surface area contributed by atoms with Crippen molar-refractivity contribution in [2.24, 2.45) is 0 Å². The highest BCUT2D eigenvalue weighted by Crippen LogP contribution is 2.25. The van der Waals surface area contributed by atoms with Crippen LogP contribution in [-0.2, 0) is 0 Å². The van der Waals surface area contributed by atoms with Crippen LogP contribution in [0.1, 0.15) is 0 Å². The van der Waals surface area contributed by atoms with Gasteiger partial charge in [0.15, 0.2) is 0 Å². The van der Waals surface area contributed by atoms with Gasteiger partial charge in [0.1, 0.15) is 17.1 Å². The van der Waals surface area contributed by atoms with Gasteiger partial charge in [0.25, 0.3) is 0 Å². The third-order valence-corrected chi connectivity index (χ3v) is 2.78. The Labute approximate surface area is 99.3 Å². The van der Waals surface area contributed by atoms with E-state index in [4.69, 9.17) is 4.74 Å². The summed E-state index contributed by atoms with van der Waals surface area (Å²) in [4.78, 5) is 4.46. The molecule has 2 heterocycles. The summed E-state index contributed by atoms with van der Waals surface area (Å²) < 4.78 is 7.35. The second-order valence-corrected chi connectivity index (χ2v) is 3.78. The Kier molecular flexibility index (Phi) is 2.29. The fourth-order valence-electron chi connectivity index (χ4n) is 1.97. The Morgan fingerprint density at radius 3 is 2.65 bits per heavy atom. The van der Waals surface area contributed by atoms with Crippen LogP contribution in [0.2, 0.25) is 0 Å². The molecule has 0 unspecified atom stereocenters. The van der Waals surface area contributed by atoms with E-state index < -0.39 is 0 Å². The zero-order chi connectivity index (χ0) is 11.7. The van der Waals surface area contributed by atoms with Crippen LogP contribution in [0.15, 0.2) is 54.9 Å². The number of hydrogen-bond donors (Lipinski definition) is 0. The van der Waals surface area contributed by atoms with Gasteiger partial charge in [-0.05, 0) is 12.1 Å². The van der Waals surface area contributed by atoms with Gasteiger partial charge in [0.2, 0.25) is 0 Å². The molecule has 0 aliphatic heterocycles. The highest BCUT2D eigenvalue weighted by molar-refractivity contribution is 5.67. The SMILES string of the molecule is COc1cccn2c(-c3ccccc3)ncc12. The second-order valence-electron chi connectivity index (χ2n) is 3.78. The molecule has 0 saturated heterocycles. The number of nitrogens with zero attached hydrogens (tertiary/aromatic N) is 2. The smallest absolute Gasteiger partial charge is 0.144 e. The lowest BCUT2D eigenvalue weighted by Crippen LogP contribution is -1.91. The first kappa shape index (κ1) is 9.90. The molecular formula is C14H12N2O. The molecular weight excluding hydrogens is 212 g/mol. The fourth-order valence-corrected chi connectivity index (χ4v) is 1.97. The molecule has 3 heteroatoms. The minimum atomic E-state index is 0.835. The van der Waals surface area contributed by atoms with Gasteiger partial charge < -0.3 is 4.74 Å². The Morgan fingerprint density at radius 2 is 1.88 bits per heavy atom. The van der Waals surface area contributed by atoms with E-state index in [1.165, 1.54) is 0 Å². The zero-order valence-electron chi connectivity index (χ0n) is 9.50. The van der Waals surface area contributed by atoms with Gasteiger partial charge in [-0.25, -0.2) is 4.98 Å². The molecule has 0 amide bonds. The minimum absolute atomic E-state index is 0.835. The number of pyridine rings is 1. The minimum Gasteiger partial charge on any atom is -0.494 e. The van der Waals surface area contributed by atoms with Crippen LogP contribution in [-0.4, -0.2) is 16.5 Å². The van der Waals surface area contributed by atoms with E-state index >= 15 is 0 Å². The van der Waals surface area contributed by atoms with Crippen LogP contribution in [0.25, 0.3) is 16.9 Å². The van der Waals surface area contributed by atoms with Gasteiger partial charge in [-0.15, -0.1) is 0 Å². The first-order chi connectivity index (χ1) is 8.40. The molecule has 0 bridgehead atoms. The van der Waals surface area contributed by atoms with Crippen molar-refractivity contribution in [3.8, 4) is 17.1 Å². The Balaban J connectivity index is 2.26. The van der Waals surface area contributed by atoms with Gasteiger partial charge in [0.05, 0.1) is 13.3 Å². The van der Waals surface area contributed by atoms with Crippen LogP contribution < -0.4 is 4.74 Å². The number of hydrogen-bond acceptors (Lipinski definition) is 2. The van der Waals surface area contributed by atoms with Crippen molar-refractivity contribution in [3.05, 3.63) is 54.9 Å². The number of benzene rings is 1. The molecule has 2 aromatic heterocycles. The summed E-state index contributed by atoms with van der Waals surface area (Å²) in [6, 6.07) is 14.0. The highest BCUT2D eigenvalue weighted by atomic mass is 16.5. The molecule has 0 N–H and O–H groups in total. The summed E-state index contributed by atoms with van der Waals surface area (Å²) in [5, 5.41) is 0. The summed E-state index contributed by atoms with van der Waals surface area (Å²) in [6.07, 6.45) is 3.83. The van der Waals surface area contributed by atoms with Crippen molar-refractivity contribution in [2.75, 3.05) is 7.11 Å².